The van der Waals surface area contributed by atoms with Gasteiger partial charge in [-0.3, -0.25) is 9.79 Å². The molecule has 0 atom stereocenters. The Bertz CT molecular complexity index is 585. The van der Waals surface area contributed by atoms with Crippen molar-refractivity contribution in [1.82, 2.24) is 16.0 Å². The third-order valence-corrected chi connectivity index (χ3v) is 4.66. The van der Waals surface area contributed by atoms with Gasteiger partial charge in [0.2, 0.25) is 0 Å². The van der Waals surface area contributed by atoms with Gasteiger partial charge in [0.25, 0.3) is 5.91 Å². The lowest BCUT2D eigenvalue weighted by Crippen LogP contribution is -2.38. The molecule has 2 aromatic heterocycles. The van der Waals surface area contributed by atoms with E-state index in [0.717, 1.165) is 30.3 Å². The van der Waals surface area contributed by atoms with Gasteiger partial charge in [-0.2, -0.15) is 0 Å². The van der Waals surface area contributed by atoms with Gasteiger partial charge in [-0.05, 0) is 29.3 Å². The molecule has 2 rings (SSSR count). The second-order valence-electron chi connectivity index (χ2n) is 4.52. The molecule has 8 heteroatoms. The van der Waals surface area contributed by atoms with Crippen LogP contribution in [0.5, 0.6) is 0 Å². The zero-order chi connectivity index (χ0) is 15.6. The van der Waals surface area contributed by atoms with E-state index in [2.05, 4.69) is 32.4 Å². The van der Waals surface area contributed by atoms with Gasteiger partial charge < -0.3 is 16.0 Å². The highest BCUT2D eigenvalue weighted by molar-refractivity contribution is 14.0. The van der Waals surface area contributed by atoms with Gasteiger partial charge in [0.15, 0.2) is 5.96 Å². The fourth-order valence-electron chi connectivity index (χ4n) is 1.80. The number of halogens is 1. The van der Waals surface area contributed by atoms with Gasteiger partial charge in [-0.1, -0.05) is 12.1 Å². The third kappa shape index (κ3) is 7.32. The molecule has 0 aliphatic carbocycles. The first kappa shape index (κ1) is 19.9. The van der Waals surface area contributed by atoms with E-state index in [1.54, 1.807) is 18.4 Å². The number of thiophene rings is 2. The largest absolute Gasteiger partial charge is 0.356 e. The van der Waals surface area contributed by atoms with E-state index >= 15 is 0 Å². The molecule has 0 aliphatic heterocycles. The van der Waals surface area contributed by atoms with E-state index in [9.17, 15) is 4.79 Å². The van der Waals surface area contributed by atoms with Crippen LogP contribution in [0.4, 0.5) is 0 Å². The first-order valence-electron chi connectivity index (χ1n) is 7.08. The summed E-state index contributed by atoms with van der Waals surface area (Å²) in [5.41, 5.74) is 0. The van der Waals surface area contributed by atoms with E-state index < -0.39 is 0 Å². The van der Waals surface area contributed by atoms with Crippen LogP contribution in [0.2, 0.25) is 0 Å². The van der Waals surface area contributed by atoms with Crippen molar-refractivity contribution < 1.29 is 4.79 Å². The average Bonchev–Trinajstić information content (AvgIpc) is 3.23. The number of nitrogens with zero attached hydrogens (tertiary/aromatic N) is 1. The minimum Gasteiger partial charge on any atom is -0.356 e. The Kier molecular flexibility index (Phi) is 9.88. The van der Waals surface area contributed by atoms with Crippen molar-refractivity contribution in [2.24, 2.45) is 4.99 Å². The van der Waals surface area contributed by atoms with Crippen molar-refractivity contribution in [2.45, 2.75) is 13.0 Å². The fourth-order valence-corrected chi connectivity index (χ4v) is 3.08. The summed E-state index contributed by atoms with van der Waals surface area (Å²) >= 11 is 3.17. The smallest absolute Gasteiger partial charge is 0.261 e. The number of amides is 1. The average molecular weight is 464 g/mol. The quantitative estimate of drug-likeness (QED) is 0.256. The number of nitrogens with one attached hydrogen (secondary N) is 3. The summed E-state index contributed by atoms with van der Waals surface area (Å²) in [5, 5.41) is 13.4. The molecule has 0 spiro atoms. The Morgan fingerprint density at radius 2 is 1.83 bits per heavy atom. The lowest BCUT2D eigenvalue weighted by molar-refractivity contribution is 0.0957. The number of hydrogen-bond donors (Lipinski definition) is 3. The maximum atomic E-state index is 11.7. The second-order valence-corrected chi connectivity index (χ2v) is 6.50. The molecule has 0 saturated carbocycles. The second kappa shape index (κ2) is 11.4. The number of carbonyl (C=O) groups excluding carboxylic acids is 1. The van der Waals surface area contributed by atoms with Crippen LogP contribution >= 0.6 is 46.7 Å². The molecule has 126 valence electrons. The molecule has 2 aromatic rings. The Balaban J connectivity index is 0.00000264. The molecule has 0 bridgehead atoms. The number of guanidine groups is 1. The Labute approximate surface area is 161 Å². The summed E-state index contributed by atoms with van der Waals surface area (Å²) in [7, 11) is 1.75. The van der Waals surface area contributed by atoms with Crippen LogP contribution in [0.25, 0.3) is 0 Å². The van der Waals surface area contributed by atoms with Crippen LogP contribution < -0.4 is 16.0 Å². The van der Waals surface area contributed by atoms with Crippen molar-refractivity contribution in [3.8, 4) is 0 Å². The number of hydrogen-bond acceptors (Lipinski definition) is 4. The molecule has 5 nitrogen and oxygen atoms in total. The summed E-state index contributed by atoms with van der Waals surface area (Å²) in [6.07, 6.45) is 0.844. The molecule has 23 heavy (non-hydrogen) atoms. The molecule has 1 amide bonds. The minimum atomic E-state index is -0.00444. The highest BCUT2D eigenvalue weighted by Crippen LogP contribution is 2.08. The molecule has 0 fully saturated rings. The van der Waals surface area contributed by atoms with E-state index in [4.69, 9.17) is 0 Å². The molecule has 0 aromatic carbocycles. The first-order chi connectivity index (χ1) is 10.8. The van der Waals surface area contributed by atoms with Crippen molar-refractivity contribution in [3.05, 3.63) is 44.8 Å². The van der Waals surface area contributed by atoms with Crippen LogP contribution in [0.1, 0.15) is 21.0 Å². The maximum Gasteiger partial charge on any atom is 0.261 e. The third-order valence-electron chi connectivity index (χ3n) is 2.91. The van der Waals surface area contributed by atoms with Gasteiger partial charge in [-0.25, -0.2) is 0 Å². The first-order valence-corrected chi connectivity index (χ1v) is 8.84. The van der Waals surface area contributed by atoms with E-state index in [1.165, 1.54) is 16.2 Å². The number of rotatable bonds is 7. The summed E-state index contributed by atoms with van der Waals surface area (Å²) in [6, 6.07) is 7.83. The van der Waals surface area contributed by atoms with E-state index in [1.807, 2.05) is 23.6 Å². The van der Waals surface area contributed by atoms with Crippen LogP contribution in [0.15, 0.2) is 40.0 Å². The van der Waals surface area contributed by atoms with Crippen molar-refractivity contribution in [1.29, 1.82) is 0 Å². The van der Waals surface area contributed by atoms with E-state index in [-0.39, 0.29) is 29.9 Å². The van der Waals surface area contributed by atoms with Gasteiger partial charge >= 0.3 is 0 Å². The zero-order valence-corrected chi connectivity index (χ0v) is 16.8. The van der Waals surface area contributed by atoms with Crippen molar-refractivity contribution in [3.63, 3.8) is 0 Å². The van der Waals surface area contributed by atoms with Gasteiger partial charge in [0, 0.05) is 25.0 Å². The fraction of sp³-hybridized carbons (Fsp3) is 0.333. The molecule has 3 N–H and O–H groups in total. The van der Waals surface area contributed by atoms with Crippen LogP contribution in [0, 0.1) is 0 Å². The van der Waals surface area contributed by atoms with Gasteiger partial charge in [0.05, 0.1) is 11.4 Å². The predicted molar refractivity (Wildman–Crippen MR) is 109 cm³/mol. The Morgan fingerprint density at radius 1 is 1.09 bits per heavy atom. The van der Waals surface area contributed by atoms with E-state index in [0.29, 0.717) is 6.54 Å². The number of carbonyl (C=O) groups is 1. The SMILES string of the molecule is CN=C(NCCCNC(=O)c1cccs1)NCc1cccs1.I. The standard InChI is InChI=1S/C15H20N4OS2.HI/c1-16-15(19-11-12-5-2-9-21-12)18-8-4-7-17-14(20)13-6-3-10-22-13;/h2-3,5-6,9-10H,4,7-8,11H2,1H3,(H,17,20)(H2,16,18,19);1H. The summed E-state index contributed by atoms with van der Waals surface area (Å²) < 4.78 is 0. The summed E-state index contributed by atoms with van der Waals surface area (Å²) in [4.78, 5) is 17.9. The normalized spacial score (nSPS) is 10.7. The Hall–Kier alpha value is -1.13. The molecule has 0 unspecified atom stereocenters. The summed E-state index contributed by atoms with van der Waals surface area (Å²) in [6.45, 7) is 2.17. The topological polar surface area (TPSA) is 65.5 Å². The van der Waals surface area contributed by atoms with Crippen molar-refractivity contribution >= 4 is 58.5 Å². The monoisotopic (exact) mass is 464 g/mol. The molecule has 0 radical (unpaired) electrons. The Morgan fingerprint density at radius 3 is 2.48 bits per heavy atom. The predicted octanol–water partition coefficient (Wildman–Crippen LogP) is 2.91. The zero-order valence-electron chi connectivity index (χ0n) is 12.9. The van der Waals surface area contributed by atoms with Crippen molar-refractivity contribution in [2.75, 3.05) is 20.1 Å². The van der Waals surface area contributed by atoms with Gasteiger partial charge in [-0.15, -0.1) is 46.7 Å². The highest BCUT2D eigenvalue weighted by atomic mass is 127. The maximum absolute atomic E-state index is 11.7. The highest BCUT2D eigenvalue weighted by Gasteiger charge is 2.04. The molecule has 0 aliphatic rings. The number of aliphatic imine (C=N–C) groups is 1. The van der Waals surface area contributed by atoms with Crippen LogP contribution in [-0.2, 0) is 6.54 Å². The summed E-state index contributed by atoms with van der Waals surface area (Å²) in [5.74, 6) is 0.771. The van der Waals surface area contributed by atoms with Crippen LogP contribution in [0.3, 0.4) is 0 Å². The molecule has 0 saturated heterocycles. The van der Waals surface area contributed by atoms with Crippen LogP contribution in [-0.4, -0.2) is 32.0 Å². The molecular weight excluding hydrogens is 443 g/mol. The lowest BCUT2D eigenvalue weighted by Gasteiger charge is -2.11. The lowest BCUT2D eigenvalue weighted by atomic mass is 10.4. The minimum absolute atomic E-state index is 0. The molecular formula is C15H21IN4OS2. The van der Waals surface area contributed by atoms with Gasteiger partial charge in [0.1, 0.15) is 0 Å². The molecule has 2 heterocycles.